The van der Waals surface area contributed by atoms with Gasteiger partial charge < -0.3 is 15.8 Å². The highest BCUT2D eigenvalue weighted by molar-refractivity contribution is 8.00. The molecule has 4 N–H and O–H groups in total. The Morgan fingerprint density at radius 1 is 1.17 bits per heavy atom. The average Bonchev–Trinajstić information content (AvgIpc) is 3.08. The monoisotopic (exact) mass is 415 g/mol. The summed E-state index contributed by atoms with van der Waals surface area (Å²) in [7, 11) is 1.56. The number of hydrogen-bond acceptors (Lipinski definition) is 6. The SMILES string of the molecule is COc1ccc(-[n+]2[nH]oc(=O)c2SC(C)C(=O)Nc2ccc(C(N)=O)cc2)cc1. The number of H-pyrrole nitrogens is 1. The maximum absolute atomic E-state index is 12.5. The number of nitrogens with two attached hydrogens (primary N) is 1. The van der Waals surface area contributed by atoms with Crippen LogP contribution < -0.4 is 26.1 Å². The van der Waals surface area contributed by atoms with Gasteiger partial charge in [-0.25, -0.2) is 4.79 Å². The fraction of sp³-hybridized carbons (Fsp3) is 0.158. The highest BCUT2D eigenvalue weighted by Gasteiger charge is 2.29. The van der Waals surface area contributed by atoms with E-state index in [0.29, 0.717) is 22.7 Å². The quantitative estimate of drug-likeness (QED) is 0.396. The van der Waals surface area contributed by atoms with Crippen LogP contribution in [0.4, 0.5) is 5.69 Å². The van der Waals surface area contributed by atoms with Crippen LogP contribution in [0.5, 0.6) is 5.75 Å². The zero-order valence-electron chi connectivity index (χ0n) is 15.7. The molecule has 1 aromatic heterocycles. The number of nitrogens with one attached hydrogen (secondary N) is 2. The molecule has 0 aliphatic rings. The Morgan fingerprint density at radius 3 is 2.41 bits per heavy atom. The van der Waals surface area contributed by atoms with Crippen molar-refractivity contribution in [2.45, 2.75) is 17.2 Å². The van der Waals surface area contributed by atoms with Gasteiger partial charge in [0.1, 0.15) is 5.75 Å². The van der Waals surface area contributed by atoms with Crippen molar-refractivity contribution >= 4 is 29.3 Å². The van der Waals surface area contributed by atoms with Gasteiger partial charge in [0.15, 0.2) is 0 Å². The highest BCUT2D eigenvalue weighted by atomic mass is 32.2. The molecule has 1 heterocycles. The van der Waals surface area contributed by atoms with Gasteiger partial charge in [0.05, 0.1) is 12.4 Å². The molecule has 9 nitrogen and oxygen atoms in total. The fourth-order valence-corrected chi connectivity index (χ4v) is 3.34. The minimum Gasteiger partial charge on any atom is -0.497 e. The number of nitrogens with zero attached hydrogens (tertiary/aromatic N) is 1. The Labute approximate surface area is 169 Å². The second-order valence-corrected chi connectivity index (χ2v) is 7.34. The van der Waals surface area contributed by atoms with Crippen LogP contribution in [-0.4, -0.2) is 29.4 Å². The smallest absolute Gasteiger partial charge is 0.442 e. The number of carbonyl (C=O) groups excluding carboxylic acids is 2. The zero-order chi connectivity index (χ0) is 21.0. The second kappa shape index (κ2) is 8.65. The molecule has 0 spiro atoms. The number of benzene rings is 2. The Kier molecular flexibility index (Phi) is 6.03. The normalized spacial score (nSPS) is 11.7. The van der Waals surface area contributed by atoms with E-state index in [9.17, 15) is 14.4 Å². The molecule has 0 aliphatic heterocycles. The molecule has 0 saturated heterocycles. The molecule has 3 rings (SSSR count). The molecule has 0 aliphatic carbocycles. The maximum atomic E-state index is 12.5. The van der Waals surface area contributed by atoms with E-state index in [1.54, 1.807) is 50.4 Å². The van der Waals surface area contributed by atoms with Crippen LogP contribution in [0.15, 0.2) is 62.9 Å². The van der Waals surface area contributed by atoms with E-state index in [1.807, 2.05) is 0 Å². The first kappa shape index (κ1) is 20.2. The van der Waals surface area contributed by atoms with Gasteiger partial charge in [-0.05, 0) is 65.0 Å². The van der Waals surface area contributed by atoms with Crippen molar-refractivity contribution in [2.75, 3.05) is 12.4 Å². The molecule has 10 heteroatoms. The fourth-order valence-electron chi connectivity index (χ4n) is 2.45. The minimum atomic E-state index is -0.603. The molecule has 0 radical (unpaired) electrons. The second-order valence-electron chi connectivity index (χ2n) is 6.01. The molecular formula is C19H19N4O5S+. The van der Waals surface area contributed by atoms with E-state index in [0.717, 1.165) is 11.8 Å². The summed E-state index contributed by atoms with van der Waals surface area (Å²) in [5, 5.41) is 4.89. The van der Waals surface area contributed by atoms with E-state index in [4.69, 9.17) is 15.0 Å². The van der Waals surface area contributed by atoms with Crippen molar-refractivity contribution in [1.29, 1.82) is 0 Å². The molecule has 150 valence electrons. The van der Waals surface area contributed by atoms with E-state index in [2.05, 4.69) is 10.6 Å². The number of anilines is 1. The van der Waals surface area contributed by atoms with E-state index < -0.39 is 16.8 Å². The first-order valence-electron chi connectivity index (χ1n) is 8.54. The molecule has 2 aromatic carbocycles. The van der Waals surface area contributed by atoms with Gasteiger partial charge in [-0.2, -0.15) is 0 Å². The predicted octanol–water partition coefficient (Wildman–Crippen LogP) is 1.47. The maximum Gasteiger partial charge on any atom is 0.442 e. The van der Waals surface area contributed by atoms with Crippen molar-refractivity contribution in [1.82, 2.24) is 5.27 Å². The summed E-state index contributed by atoms with van der Waals surface area (Å²) in [5.41, 5.74) is 6.12. The predicted molar refractivity (Wildman–Crippen MR) is 106 cm³/mol. The topological polar surface area (TPSA) is 131 Å². The van der Waals surface area contributed by atoms with Crippen LogP contribution in [0.1, 0.15) is 17.3 Å². The zero-order valence-corrected chi connectivity index (χ0v) is 16.5. The number of thioether (sulfide) groups is 1. The summed E-state index contributed by atoms with van der Waals surface area (Å²) in [6.45, 7) is 1.67. The summed E-state index contributed by atoms with van der Waals surface area (Å²) < 4.78 is 11.5. The first-order valence-corrected chi connectivity index (χ1v) is 9.42. The van der Waals surface area contributed by atoms with Gasteiger partial charge >= 0.3 is 10.7 Å². The molecule has 1 unspecified atom stereocenters. The Bertz CT molecular complexity index is 1070. The lowest BCUT2D eigenvalue weighted by Crippen LogP contribution is -2.37. The number of amides is 2. The number of primary amides is 1. The van der Waals surface area contributed by atoms with Gasteiger partial charge in [0, 0.05) is 23.4 Å². The van der Waals surface area contributed by atoms with Crippen LogP contribution >= 0.6 is 11.8 Å². The number of hydrogen-bond donors (Lipinski definition) is 3. The number of ether oxygens (including phenoxy) is 1. The van der Waals surface area contributed by atoms with Gasteiger partial charge in [-0.3, -0.25) is 14.1 Å². The van der Waals surface area contributed by atoms with E-state index >= 15 is 0 Å². The summed E-state index contributed by atoms with van der Waals surface area (Å²) in [4.78, 5) is 35.7. The van der Waals surface area contributed by atoms with E-state index in [1.165, 1.54) is 16.8 Å². The van der Waals surface area contributed by atoms with Crippen LogP contribution in [0, 0.1) is 0 Å². The van der Waals surface area contributed by atoms with Crippen molar-refractivity contribution in [3.05, 3.63) is 64.5 Å². The van der Waals surface area contributed by atoms with Gasteiger partial charge in [0.2, 0.25) is 17.5 Å². The molecule has 0 fully saturated rings. The lowest BCUT2D eigenvalue weighted by Gasteiger charge is -2.09. The molecule has 0 saturated carbocycles. The largest absolute Gasteiger partial charge is 0.497 e. The van der Waals surface area contributed by atoms with Crippen LogP contribution in [-0.2, 0) is 4.79 Å². The van der Waals surface area contributed by atoms with Gasteiger partial charge in [-0.15, -0.1) is 0 Å². The number of carbonyl (C=O) groups is 2. The van der Waals surface area contributed by atoms with Crippen LogP contribution in [0.2, 0.25) is 0 Å². The van der Waals surface area contributed by atoms with Crippen LogP contribution in [0.3, 0.4) is 0 Å². The number of methoxy groups -OCH3 is 1. The summed E-state index contributed by atoms with van der Waals surface area (Å²) >= 11 is 1.05. The standard InChI is InChI=1S/C19H18N4O5S/c1-11(17(25)21-13-5-3-12(4-6-13)16(20)24)29-18-19(26)28-22-23(18)14-7-9-15(27-2)10-8-14/h3-11H,1-2H3,(H3-,20,21,22,24,25,26)/p+1. The van der Waals surface area contributed by atoms with Crippen molar-refractivity contribution in [3.8, 4) is 11.4 Å². The third-order valence-corrected chi connectivity index (χ3v) is 5.17. The molecular weight excluding hydrogens is 396 g/mol. The number of aromatic nitrogens is 2. The first-order chi connectivity index (χ1) is 13.9. The average molecular weight is 415 g/mol. The highest BCUT2D eigenvalue weighted by Crippen LogP contribution is 2.20. The molecule has 2 amide bonds. The molecule has 1 atom stereocenters. The minimum absolute atomic E-state index is 0.224. The van der Waals surface area contributed by atoms with Crippen molar-refractivity contribution in [3.63, 3.8) is 0 Å². The van der Waals surface area contributed by atoms with Gasteiger partial charge in [-0.1, -0.05) is 0 Å². The molecule has 29 heavy (non-hydrogen) atoms. The summed E-state index contributed by atoms with van der Waals surface area (Å²) in [6.07, 6.45) is 0. The Morgan fingerprint density at radius 2 is 1.83 bits per heavy atom. The Hall–Kier alpha value is -3.53. The van der Waals surface area contributed by atoms with Gasteiger partial charge in [0.25, 0.3) is 0 Å². The lowest BCUT2D eigenvalue weighted by molar-refractivity contribution is -0.704. The third-order valence-electron chi connectivity index (χ3n) is 4.03. The molecule has 0 bridgehead atoms. The van der Waals surface area contributed by atoms with Crippen molar-refractivity contribution < 1.29 is 23.5 Å². The Balaban J connectivity index is 1.73. The lowest BCUT2D eigenvalue weighted by atomic mass is 10.2. The third kappa shape index (κ3) is 4.66. The number of aromatic amines is 1. The molecule has 3 aromatic rings. The number of rotatable bonds is 7. The van der Waals surface area contributed by atoms with E-state index in [-0.39, 0.29) is 10.9 Å². The summed E-state index contributed by atoms with van der Waals surface area (Å²) in [5.74, 6) is -0.192. The van der Waals surface area contributed by atoms with Crippen molar-refractivity contribution in [2.24, 2.45) is 5.73 Å². The summed E-state index contributed by atoms with van der Waals surface area (Å²) in [6, 6.07) is 13.2. The van der Waals surface area contributed by atoms with Crippen LogP contribution in [0.25, 0.3) is 5.69 Å².